The van der Waals surface area contributed by atoms with Gasteiger partial charge in [-0.25, -0.2) is 0 Å². The van der Waals surface area contributed by atoms with Gasteiger partial charge >= 0.3 is 0 Å². The number of furan rings is 1. The fourth-order valence-corrected chi connectivity index (χ4v) is 1.61. The smallest absolute Gasteiger partial charge is 0.196 e. The van der Waals surface area contributed by atoms with Crippen LogP contribution in [0.4, 0.5) is 5.88 Å². The molecule has 0 aliphatic carbocycles. The zero-order valence-electron chi connectivity index (χ0n) is 8.10. The molecule has 1 unspecified atom stereocenters. The SMILES string of the molecule is CC1COCCN1c1ccc(C=O)o1. The van der Waals surface area contributed by atoms with Crippen molar-refractivity contribution in [2.45, 2.75) is 13.0 Å². The van der Waals surface area contributed by atoms with Gasteiger partial charge in [-0.1, -0.05) is 0 Å². The van der Waals surface area contributed by atoms with Gasteiger partial charge in [0.15, 0.2) is 17.9 Å². The van der Waals surface area contributed by atoms with Crippen molar-refractivity contribution in [3.05, 3.63) is 17.9 Å². The Morgan fingerprint density at radius 1 is 1.57 bits per heavy atom. The van der Waals surface area contributed by atoms with Crippen molar-refractivity contribution in [1.29, 1.82) is 0 Å². The number of ether oxygens (including phenoxy) is 1. The van der Waals surface area contributed by atoms with Gasteiger partial charge < -0.3 is 14.1 Å². The van der Waals surface area contributed by atoms with E-state index in [0.717, 1.165) is 12.4 Å². The first-order valence-corrected chi connectivity index (χ1v) is 4.70. The van der Waals surface area contributed by atoms with Crippen molar-refractivity contribution in [2.24, 2.45) is 0 Å². The highest BCUT2D eigenvalue weighted by Crippen LogP contribution is 2.21. The van der Waals surface area contributed by atoms with Crippen LogP contribution in [0, 0.1) is 0 Å². The molecule has 0 bridgehead atoms. The highest BCUT2D eigenvalue weighted by molar-refractivity contribution is 5.71. The van der Waals surface area contributed by atoms with Crippen molar-refractivity contribution < 1.29 is 13.9 Å². The molecule has 1 atom stereocenters. The summed E-state index contributed by atoms with van der Waals surface area (Å²) in [6.45, 7) is 4.30. The normalized spacial score (nSPS) is 22.4. The van der Waals surface area contributed by atoms with Gasteiger partial charge in [0, 0.05) is 12.6 Å². The average molecular weight is 195 g/mol. The van der Waals surface area contributed by atoms with Gasteiger partial charge in [0.25, 0.3) is 0 Å². The zero-order valence-corrected chi connectivity index (χ0v) is 8.10. The summed E-state index contributed by atoms with van der Waals surface area (Å²) in [5.74, 6) is 1.13. The van der Waals surface area contributed by atoms with Crippen LogP contribution in [0.2, 0.25) is 0 Å². The van der Waals surface area contributed by atoms with Crippen molar-refractivity contribution in [2.75, 3.05) is 24.7 Å². The van der Waals surface area contributed by atoms with Gasteiger partial charge in [-0.3, -0.25) is 4.79 Å². The van der Waals surface area contributed by atoms with E-state index in [1.54, 1.807) is 6.07 Å². The standard InChI is InChI=1S/C10H13NO3/c1-8-7-13-5-4-11(8)10-3-2-9(6-12)14-10/h2-3,6,8H,4-5,7H2,1H3. The van der Waals surface area contributed by atoms with Crippen molar-refractivity contribution in [1.82, 2.24) is 0 Å². The summed E-state index contributed by atoms with van der Waals surface area (Å²) in [6.07, 6.45) is 0.717. The van der Waals surface area contributed by atoms with E-state index < -0.39 is 0 Å². The van der Waals surface area contributed by atoms with Crippen LogP contribution in [0.25, 0.3) is 0 Å². The lowest BCUT2D eigenvalue weighted by molar-refractivity contribution is 0.0962. The van der Waals surface area contributed by atoms with E-state index >= 15 is 0 Å². The maximum absolute atomic E-state index is 10.4. The Kier molecular flexibility index (Phi) is 2.54. The lowest BCUT2D eigenvalue weighted by Crippen LogP contribution is -2.43. The first-order valence-electron chi connectivity index (χ1n) is 4.70. The number of hydrogen-bond acceptors (Lipinski definition) is 4. The van der Waals surface area contributed by atoms with Crippen LogP contribution >= 0.6 is 0 Å². The summed E-state index contributed by atoms with van der Waals surface area (Å²) >= 11 is 0. The van der Waals surface area contributed by atoms with E-state index in [-0.39, 0.29) is 0 Å². The second-order valence-electron chi connectivity index (χ2n) is 3.41. The molecule has 4 nitrogen and oxygen atoms in total. The molecule has 4 heteroatoms. The Labute approximate surface area is 82.4 Å². The number of morpholine rings is 1. The van der Waals surface area contributed by atoms with Crippen LogP contribution < -0.4 is 4.90 Å². The van der Waals surface area contributed by atoms with Crippen LogP contribution in [0.15, 0.2) is 16.5 Å². The fourth-order valence-electron chi connectivity index (χ4n) is 1.61. The molecular formula is C10H13NO3. The minimum Gasteiger partial charge on any atom is -0.438 e. The molecule has 0 radical (unpaired) electrons. The highest BCUT2D eigenvalue weighted by atomic mass is 16.5. The molecule has 0 aromatic carbocycles. The Balaban J connectivity index is 2.16. The Bertz CT molecular complexity index is 321. The third-order valence-electron chi connectivity index (χ3n) is 2.38. The predicted molar refractivity (Wildman–Crippen MR) is 51.7 cm³/mol. The largest absolute Gasteiger partial charge is 0.438 e. The van der Waals surface area contributed by atoms with Gasteiger partial charge in [-0.15, -0.1) is 0 Å². The Morgan fingerprint density at radius 2 is 2.43 bits per heavy atom. The molecule has 0 N–H and O–H groups in total. The van der Waals surface area contributed by atoms with Crippen LogP contribution in [0.1, 0.15) is 17.5 Å². The highest BCUT2D eigenvalue weighted by Gasteiger charge is 2.21. The first-order chi connectivity index (χ1) is 6.81. The molecule has 0 spiro atoms. The van der Waals surface area contributed by atoms with E-state index in [4.69, 9.17) is 9.15 Å². The molecular weight excluding hydrogens is 182 g/mol. The molecule has 1 fully saturated rings. The van der Waals surface area contributed by atoms with Crippen LogP contribution in [-0.4, -0.2) is 32.1 Å². The summed E-state index contributed by atoms with van der Waals surface area (Å²) < 4.78 is 10.7. The van der Waals surface area contributed by atoms with Gasteiger partial charge in [-0.05, 0) is 13.0 Å². The second-order valence-corrected chi connectivity index (χ2v) is 3.41. The van der Waals surface area contributed by atoms with Gasteiger partial charge in [0.1, 0.15) is 0 Å². The molecule has 1 saturated heterocycles. The van der Waals surface area contributed by atoms with Crippen LogP contribution in [0.3, 0.4) is 0 Å². The first kappa shape index (κ1) is 9.27. The van der Waals surface area contributed by atoms with Gasteiger partial charge in [-0.2, -0.15) is 0 Å². The van der Waals surface area contributed by atoms with Crippen molar-refractivity contribution in [3.63, 3.8) is 0 Å². The fraction of sp³-hybridized carbons (Fsp3) is 0.500. The van der Waals surface area contributed by atoms with Crippen LogP contribution in [-0.2, 0) is 4.74 Å². The van der Waals surface area contributed by atoms with Gasteiger partial charge in [0.2, 0.25) is 0 Å². The Morgan fingerprint density at radius 3 is 3.07 bits per heavy atom. The summed E-state index contributed by atoms with van der Waals surface area (Å²) in [5.41, 5.74) is 0. The lowest BCUT2D eigenvalue weighted by atomic mass is 10.2. The third-order valence-corrected chi connectivity index (χ3v) is 2.38. The molecule has 1 aromatic heterocycles. The minimum atomic E-state index is 0.300. The summed E-state index contributed by atoms with van der Waals surface area (Å²) in [7, 11) is 0. The Hall–Kier alpha value is -1.29. The maximum Gasteiger partial charge on any atom is 0.196 e. The molecule has 0 amide bonds. The van der Waals surface area contributed by atoms with E-state index in [9.17, 15) is 4.79 Å². The topological polar surface area (TPSA) is 42.7 Å². The minimum absolute atomic E-state index is 0.300. The number of carbonyl (C=O) groups is 1. The number of rotatable bonds is 2. The van der Waals surface area contributed by atoms with E-state index in [1.165, 1.54) is 0 Å². The molecule has 2 heterocycles. The van der Waals surface area contributed by atoms with E-state index in [1.807, 2.05) is 6.07 Å². The zero-order chi connectivity index (χ0) is 9.97. The molecule has 1 aliphatic heterocycles. The molecule has 14 heavy (non-hydrogen) atoms. The molecule has 1 aromatic rings. The number of nitrogens with zero attached hydrogens (tertiary/aromatic N) is 1. The molecule has 0 saturated carbocycles. The van der Waals surface area contributed by atoms with Gasteiger partial charge in [0.05, 0.1) is 19.3 Å². The van der Waals surface area contributed by atoms with E-state index in [2.05, 4.69) is 11.8 Å². The number of hydrogen-bond donors (Lipinski definition) is 0. The average Bonchev–Trinajstić information content (AvgIpc) is 2.67. The lowest BCUT2D eigenvalue weighted by Gasteiger charge is -2.32. The monoisotopic (exact) mass is 195 g/mol. The van der Waals surface area contributed by atoms with Crippen molar-refractivity contribution >= 4 is 12.2 Å². The number of aldehydes is 1. The van der Waals surface area contributed by atoms with Crippen LogP contribution in [0.5, 0.6) is 0 Å². The van der Waals surface area contributed by atoms with E-state index in [0.29, 0.717) is 31.3 Å². The number of anilines is 1. The quantitative estimate of drug-likeness (QED) is 0.667. The molecule has 76 valence electrons. The second kappa shape index (κ2) is 3.84. The predicted octanol–water partition coefficient (Wildman–Crippen LogP) is 1.32. The molecule has 2 rings (SSSR count). The number of carbonyl (C=O) groups excluding carboxylic acids is 1. The summed E-state index contributed by atoms with van der Waals surface area (Å²) in [5, 5.41) is 0. The van der Waals surface area contributed by atoms with Crippen molar-refractivity contribution in [3.8, 4) is 0 Å². The maximum atomic E-state index is 10.4. The molecule has 1 aliphatic rings. The summed E-state index contributed by atoms with van der Waals surface area (Å²) in [4.78, 5) is 12.6. The third kappa shape index (κ3) is 1.65. The summed E-state index contributed by atoms with van der Waals surface area (Å²) in [6, 6.07) is 3.81.